The monoisotopic (exact) mass is 381 g/mol. The minimum Gasteiger partial charge on any atom is -0.447 e. The molecule has 1 N–H and O–H groups in total. The number of hydrogen-bond acceptors (Lipinski definition) is 4. The van der Waals surface area contributed by atoms with Crippen molar-refractivity contribution in [3.63, 3.8) is 0 Å². The number of aliphatic hydroxyl groups is 1. The summed E-state index contributed by atoms with van der Waals surface area (Å²) in [6, 6.07) is 18.8. The predicted molar refractivity (Wildman–Crippen MR) is 107 cm³/mol. The number of cyclic esters (lactones) is 1. The first-order chi connectivity index (χ1) is 13.5. The smallest absolute Gasteiger partial charge is 0.416 e. The number of imide groups is 1. The van der Waals surface area contributed by atoms with Gasteiger partial charge >= 0.3 is 6.09 Å². The molecule has 2 amide bonds. The SMILES string of the molecule is CC(C)C1COC(=O)N1C(=O)C(Cc1ccccc1)C(O)Cc1ccccc1. The van der Waals surface area contributed by atoms with Gasteiger partial charge in [-0.05, 0) is 29.9 Å². The van der Waals surface area contributed by atoms with Crippen molar-refractivity contribution < 1.29 is 19.4 Å². The second kappa shape index (κ2) is 9.02. The van der Waals surface area contributed by atoms with E-state index in [1.807, 2.05) is 74.5 Å². The lowest BCUT2D eigenvalue weighted by Crippen LogP contribution is -2.48. The van der Waals surface area contributed by atoms with Crippen LogP contribution >= 0.6 is 0 Å². The summed E-state index contributed by atoms with van der Waals surface area (Å²) < 4.78 is 5.14. The number of ether oxygens (including phenoxy) is 1. The van der Waals surface area contributed by atoms with Crippen molar-refractivity contribution in [1.82, 2.24) is 4.90 Å². The number of hydrogen-bond donors (Lipinski definition) is 1. The lowest BCUT2D eigenvalue weighted by atomic mass is 9.88. The fourth-order valence-electron chi connectivity index (χ4n) is 3.61. The first kappa shape index (κ1) is 20.1. The largest absolute Gasteiger partial charge is 0.447 e. The highest BCUT2D eigenvalue weighted by Crippen LogP contribution is 2.26. The molecule has 148 valence electrons. The van der Waals surface area contributed by atoms with Crippen LogP contribution in [0.4, 0.5) is 4.79 Å². The molecular weight excluding hydrogens is 354 g/mol. The Kier molecular flexibility index (Phi) is 6.47. The van der Waals surface area contributed by atoms with E-state index in [-0.39, 0.29) is 24.5 Å². The first-order valence-corrected chi connectivity index (χ1v) is 9.73. The molecular formula is C23H27NO4. The molecule has 1 fully saturated rings. The molecule has 0 radical (unpaired) electrons. The minimum absolute atomic E-state index is 0.0824. The van der Waals surface area contributed by atoms with Crippen molar-refractivity contribution in [3.8, 4) is 0 Å². The third-order valence-electron chi connectivity index (χ3n) is 5.28. The molecule has 1 aliphatic rings. The Labute approximate surface area is 165 Å². The fraction of sp³-hybridized carbons (Fsp3) is 0.391. The summed E-state index contributed by atoms with van der Waals surface area (Å²) in [7, 11) is 0. The van der Waals surface area contributed by atoms with E-state index in [1.165, 1.54) is 4.90 Å². The molecule has 3 rings (SSSR count). The quantitative estimate of drug-likeness (QED) is 0.798. The van der Waals surface area contributed by atoms with Crippen molar-refractivity contribution in [2.24, 2.45) is 11.8 Å². The highest BCUT2D eigenvalue weighted by atomic mass is 16.6. The normalized spacial score (nSPS) is 18.8. The van der Waals surface area contributed by atoms with Crippen molar-refractivity contribution in [2.45, 2.75) is 38.8 Å². The van der Waals surface area contributed by atoms with Gasteiger partial charge in [0.1, 0.15) is 6.61 Å². The van der Waals surface area contributed by atoms with Crippen molar-refractivity contribution >= 4 is 12.0 Å². The molecule has 5 heteroatoms. The molecule has 0 spiro atoms. The van der Waals surface area contributed by atoms with Crippen LogP contribution in [-0.4, -0.2) is 40.8 Å². The summed E-state index contributed by atoms with van der Waals surface area (Å²) in [5.74, 6) is -1.01. The molecule has 2 aromatic rings. The molecule has 28 heavy (non-hydrogen) atoms. The first-order valence-electron chi connectivity index (χ1n) is 9.73. The summed E-state index contributed by atoms with van der Waals surface area (Å²) in [6.07, 6.45) is -0.813. The van der Waals surface area contributed by atoms with Crippen molar-refractivity contribution in [1.29, 1.82) is 0 Å². The van der Waals surface area contributed by atoms with Gasteiger partial charge < -0.3 is 9.84 Å². The molecule has 0 bridgehead atoms. The van der Waals surface area contributed by atoms with Crippen LogP contribution in [0.1, 0.15) is 25.0 Å². The van der Waals surface area contributed by atoms with E-state index in [2.05, 4.69) is 0 Å². The average Bonchev–Trinajstić information content (AvgIpc) is 3.09. The third-order valence-corrected chi connectivity index (χ3v) is 5.28. The molecule has 5 nitrogen and oxygen atoms in total. The number of amides is 2. The number of carbonyl (C=O) groups is 2. The van der Waals surface area contributed by atoms with E-state index in [9.17, 15) is 14.7 Å². The van der Waals surface area contributed by atoms with Gasteiger partial charge in [0.2, 0.25) is 5.91 Å². The Morgan fingerprint density at radius 2 is 1.57 bits per heavy atom. The number of aliphatic hydroxyl groups excluding tert-OH is 1. The summed E-state index contributed by atoms with van der Waals surface area (Å²) in [5.41, 5.74) is 1.90. The minimum atomic E-state index is -0.906. The molecule has 2 aromatic carbocycles. The topological polar surface area (TPSA) is 66.8 Å². The summed E-state index contributed by atoms with van der Waals surface area (Å²) >= 11 is 0. The van der Waals surface area contributed by atoms with Gasteiger partial charge in [0.15, 0.2) is 0 Å². The van der Waals surface area contributed by atoms with E-state index < -0.39 is 18.1 Å². The Balaban J connectivity index is 1.86. The van der Waals surface area contributed by atoms with Gasteiger partial charge in [0.25, 0.3) is 0 Å². The van der Waals surface area contributed by atoms with Crippen LogP contribution in [0.2, 0.25) is 0 Å². The van der Waals surface area contributed by atoms with Gasteiger partial charge in [-0.25, -0.2) is 9.69 Å². The third kappa shape index (κ3) is 4.60. The summed E-state index contributed by atoms with van der Waals surface area (Å²) in [4.78, 5) is 26.9. The zero-order chi connectivity index (χ0) is 20.1. The van der Waals surface area contributed by atoms with Gasteiger partial charge in [-0.1, -0.05) is 74.5 Å². The molecule has 1 heterocycles. The van der Waals surface area contributed by atoms with Crippen molar-refractivity contribution in [3.05, 3.63) is 71.8 Å². The van der Waals surface area contributed by atoms with E-state index >= 15 is 0 Å². The number of benzene rings is 2. The molecule has 1 aliphatic heterocycles. The second-order valence-electron chi connectivity index (χ2n) is 7.65. The van der Waals surface area contributed by atoms with Crippen molar-refractivity contribution in [2.75, 3.05) is 6.61 Å². The van der Waals surface area contributed by atoms with E-state index in [0.29, 0.717) is 12.8 Å². The number of carbonyl (C=O) groups excluding carboxylic acids is 2. The van der Waals surface area contributed by atoms with E-state index in [0.717, 1.165) is 11.1 Å². The lowest BCUT2D eigenvalue weighted by Gasteiger charge is -2.29. The highest BCUT2D eigenvalue weighted by Gasteiger charge is 2.43. The van der Waals surface area contributed by atoms with Crippen LogP contribution < -0.4 is 0 Å². The lowest BCUT2D eigenvalue weighted by molar-refractivity contribution is -0.137. The highest BCUT2D eigenvalue weighted by molar-refractivity contribution is 5.95. The zero-order valence-corrected chi connectivity index (χ0v) is 16.3. The van der Waals surface area contributed by atoms with Crippen LogP contribution in [0.5, 0.6) is 0 Å². The molecule has 3 unspecified atom stereocenters. The maximum atomic E-state index is 13.4. The summed E-state index contributed by atoms with van der Waals surface area (Å²) in [6.45, 7) is 4.12. The van der Waals surface area contributed by atoms with Crippen LogP contribution in [0.25, 0.3) is 0 Å². The second-order valence-corrected chi connectivity index (χ2v) is 7.65. The van der Waals surface area contributed by atoms with Crippen LogP contribution in [0.15, 0.2) is 60.7 Å². The summed E-state index contributed by atoms with van der Waals surface area (Å²) in [5, 5.41) is 11.0. The van der Waals surface area contributed by atoms with Gasteiger partial charge in [-0.15, -0.1) is 0 Å². The maximum Gasteiger partial charge on any atom is 0.416 e. The molecule has 0 aliphatic carbocycles. The van der Waals surface area contributed by atoms with Crippen LogP contribution in [0.3, 0.4) is 0 Å². The molecule has 0 saturated carbocycles. The number of rotatable bonds is 7. The average molecular weight is 381 g/mol. The van der Waals surface area contributed by atoms with Gasteiger partial charge in [0.05, 0.1) is 18.1 Å². The number of nitrogens with zero attached hydrogens (tertiary/aromatic N) is 1. The van der Waals surface area contributed by atoms with Gasteiger partial charge in [-0.2, -0.15) is 0 Å². The van der Waals surface area contributed by atoms with Gasteiger partial charge in [0, 0.05) is 0 Å². The fourth-order valence-corrected chi connectivity index (χ4v) is 3.61. The maximum absolute atomic E-state index is 13.4. The Bertz CT molecular complexity index is 791. The Hall–Kier alpha value is -2.66. The Morgan fingerprint density at radius 3 is 2.11 bits per heavy atom. The van der Waals surface area contributed by atoms with Crippen LogP contribution in [-0.2, 0) is 22.4 Å². The van der Waals surface area contributed by atoms with E-state index in [1.54, 1.807) is 0 Å². The molecule has 1 saturated heterocycles. The Morgan fingerprint density at radius 1 is 1.04 bits per heavy atom. The van der Waals surface area contributed by atoms with Gasteiger partial charge in [-0.3, -0.25) is 4.79 Å². The molecule has 3 atom stereocenters. The molecule has 0 aromatic heterocycles. The zero-order valence-electron chi connectivity index (χ0n) is 16.3. The van der Waals surface area contributed by atoms with E-state index in [4.69, 9.17) is 4.74 Å². The standard InChI is InChI=1S/C23H27NO4/c1-16(2)20-15-28-23(27)24(20)22(26)19(13-17-9-5-3-6-10-17)21(25)14-18-11-7-4-8-12-18/h3-12,16,19-21,25H,13-15H2,1-2H3. The predicted octanol–water partition coefficient (Wildman–Crippen LogP) is 3.45. The van der Waals surface area contributed by atoms with Crippen LogP contribution in [0, 0.1) is 11.8 Å².